The van der Waals surface area contributed by atoms with Gasteiger partial charge < -0.3 is 4.90 Å². The lowest BCUT2D eigenvalue weighted by Gasteiger charge is -2.21. The molecule has 0 bridgehead atoms. The van der Waals surface area contributed by atoms with Crippen LogP contribution in [-0.2, 0) is 4.79 Å². The molecule has 0 atom stereocenters. The van der Waals surface area contributed by atoms with Crippen molar-refractivity contribution < 1.29 is 4.79 Å². The van der Waals surface area contributed by atoms with Crippen LogP contribution in [0, 0.1) is 5.41 Å². The monoisotopic (exact) mass is 168 g/mol. The van der Waals surface area contributed by atoms with Crippen LogP contribution in [0.3, 0.4) is 0 Å². The summed E-state index contributed by atoms with van der Waals surface area (Å²) in [7, 11) is 0. The van der Waals surface area contributed by atoms with Crippen LogP contribution in [0.2, 0.25) is 0 Å². The fraction of sp³-hybridized carbons (Fsp3) is 0.889. The zero-order valence-electron chi connectivity index (χ0n) is 7.60. The highest BCUT2D eigenvalue weighted by molar-refractivity contribution is 5.80. The van der Waals surface area contributed by atoms with Crippen LogP contribution in [0.4, 0.5) is 0 Å². The molecule has 3 heteroatoms. The Morgan fingerprint density at radius 3 is 2.75 bits per heavy atom. The molecular formula is C9H16N2O. The van der Waals surface area contributed by atoms with Crippen molar-refractivity contribution in [2.75, 3.05) is 19.8 Å². The molecule has 2 fully saturated rings. The molecule has 1 heterocycles. The summed E-state index contributed by atoms with van der Waals surface area (Å²) in [6.45, 7) is 4.51. The lowest BCUT2D eigenvalue weighted by molar-refractivity contribution is -0.127. The van der Waals surface area contributed by atoms with E-state index in [0.717, 1.165) is 13.2 Å². The minimum absolute atomic E-state index is 0.273. The Kier molecular flexibility index (Phi) is 1.83. The third-order valence-corrected chi connectivity index (χ3v) is 3.16. The lowest BCUT2D eigenvalue weighted by atomic mass is 10.0. The minimum atomic E-state index is 0.273. The second-order valence-electron chi connectivity index (χ2n) is 4.03. The van der Waals surface area contributed by atoms with E-state index in [9.17, 15) is 4.79 Å². The highest BCUT2D eigenvalue weighted by atomic mass is 16.2. The Morgan fingerprint density at radius 1 is 1.58 bits per heavy atom. The van der Waals surface area contributed by atoms with Crippen molar-refractivity contribution in [1.82, 2.24) is 10.2 Å². The fourth-order valence-electron chi connectivity index (χ4n) is 1.85. The maximum Gasteiger partial charge on any atom is 0.237 e. The van der Waals surface area contributed by atoms with Gasteiger partial charge in [-0.25, -0.2) is 0 Å². The van der Waals surface area contributed by atoms with Crippen LogP contribution in [0.1, 0.15) is 26.2 Å². The molecule has 2 rings (SSSR count). The van der Waals surface area contributed by atoms with Crippen molar-refractivity contribution in [1.29, 1.82) is 0 Å². The number of nitrogens with one attached hydrogen (secondary N) is 1. The topological polar surface area (TPSA) is 32.3 Å². The Morgan fingerprint density at radius 2 is 2.33 bits per heavy atom. The van der Waals surface area contributed by atoms with Gasteiger partial charge >= 0.3 is 0 Å². The smallest absolute Gasteiger partial charge is 0.237 e. The first-order valence-corrected chi connectivity index (χ1v) is 4.74. The summed E-state index contributed by atoms with van der Waals surface area (Å²) in [5.74, 6) is 0.273. The molecule has 0 radical (unpaired) electrons. The second kappa shape index (κ2) is 2.73. The van der Waals surface area contributed by atoms with Crippen LogP contribution in [0.25, 0.3) is 0 Å². The summed E-state index contributed by atoms with van der Waals surface area (Å²) < 4.78 is 0. The highest BCUT2D eigenvalue weighted by Gasteiger charge is 2.43. The van der Waals surface area contributed by atoms with Crippen LogP contribution in [0.5, 0.6) is 0 Å². The summed E-state index contributed by atoms with van der Waals surface area (Å²) in [6, 6.07) is 0. The third kappa shape index (κ3) is 1.33. The number of nitrogens with zero attached hydrogens (tertiary/aromatic N) is 1. The fourth-order valence-corrected chi connectivity index (χ4v) is 1.85. The lowest BCUT2D eigenvalue weighted by Crippen LogP contribution is -2.32. The van der Waals surface area contributed by atoms with Gasteiger partial charge in [0.15, 0.2) is 0 Å². The molecule has 12 heavy (non-hydrogen) atoms. The molecular weight excluding hydrogens is 152 g/mol. The number of carbonyl (C=O) groups excluding carboxylic acids is 1. The first-order chi connectivity index (χ1) is 5.76. The van der Waals surface area contributed by atoms with Gasteiger partial charge in [0.1, 0.15) is 0 Å². The summed E-state index contributed by atoms with van der Waals surface area (Å²) >= 11 is 0. The number of hydrogen-bond donors (Lipinski definition) is 1. The predicted octanol–water partition coefficient (Wildman–Crippen LogP) is 0.566. The van der Waals surface area contributed by atoms with Gasteiger partial charge in [-0.05, 0) is 24.7 Å². The molecule has 0 unspecified atom stereocenters. The predicted molar refractivity (Wildman–Crippen MR) is 46.5 cm³/mol. The Balaban J connectivity index is 1.90. The van der Waals surface area contributed by atoms with Crippen molar-refractivity contribution in [2.24, 2.45) is 5.41 Å². The highest BCUT2D eigenvalue weighted by Crippen LogP contribution is 2.49. The molecule has 1 aliphatic heterocycles. The van der Waals surface area contributed by atoms with Gasteiger partial charge in [0.25, 0.3) is 0 Å². The van der Waals surface area contributed by atoms with Crippen molar-refractivity contribution in [3.8, 4) is 0 Å². The van der Waals surface area contributed by atoms with Crippen LogP contribution < -0.4 is 5.32 Å². The average Bonchev–Trinajstić information content (AvgIpc) is 2.74. The summed E-state index contributed by atoms with van der Waals surface area (Å²) in [4.78, 5) is 13.2. The van der Waals surface area contributed by atoms with Gasteiger partial charge in [-0.2, -0.15) is 0 Å². The molecule has 0 spiro atoms. The Bertz CT molecular complexity index is 199. The van der Waals surface area contributed by atoms with E-state index >= 15 is 0 Å². The molecule has 3 nitrogen and oxygen atoms in total. The summed E-state index contributed by atoms with van der Waals surface area (Å²) in [5, 5.41) is 3.07. The van der Waals surface area contributed by atoms with Crippen molar-refractivity contribution in [3.05, 3.63) is 0 Å². The van der Waals surface area contributed by atoms with Gasteiger partial charge in [-0.15, -0.1) is 0 Å². The third-order valence-electron chi connectivity index (χ3n) is 3.16. The molecule has 1 saturated heterocycles. The molecule has 1 saturated carbocycles. The first kappa shape index (κ1) is 8.05. The molecule has 2 aliphatic rings. The van der Waals surface area contributed by atoms with Crippen LogP contribution in [-0.4, -0.2) is 30.6 Å². The maximum absolute atomic E-state index is 11.3. The molecule has 0 aromatic heterocycles. The van der Waals surface area contributed by atoms with Gasteiger partial charge in [0.05, 0.1) is 13.2 Å². The van der Waals surface area contributed by atoms with E-state index < -0.39 is 0 Å². The zero-order chi connectivity index (χ0) is 8.60. The molecule has 1 amide bonds. The number of hydrogen-bond acceptors (Lipinski definition) is 2. The number of rotatable bonds is 3. The standard InChI is InChI=1S/C9H16N2O/c1-2-9(3-4-9)6-11-7-10-5-8(11)12/h10H,2-7H2,1H3. The molecule has 68 valence electrons. The zero-order valence-corrected chi connectivity index (χ0v) is 7.60. The normalized spacial score (nSPS) is 26.4. The number of amides is 1. The summed E-state index contributed by atoms with van der Waals surface area (Å²) in [6.07, 6.45) is 3.84. The van der Waals surface area contributed by atoms with E-state index in [-0.39, 0.29) is 5.91 Å². The average molecular weight is 168 g/mol. The van der Waals surface area contributed by atoms with Gasteiger partial charge in [-0.1, -0.05) is 6.92 Å². The Labute approximate surface area is 73.1 Å². The van der Waals surface area contributed by atoms with Gasteiger partial charge in [-0.3, -0.25) is 10.1 Å². The molecule has 0 aromatic rings. The van der Waals surface area contributed by atoms with E-state index in [1.807, 2.05) is 4.90 Å². The quantitative estimate of drug-likeness (QED) is 0.668. The van der Waals surface area contributed by atoms with Crippen molar-refractivity contribution in [2.45, 2.75) is 26.2 Å². The molecule has 0 aromatic carbocycles. The van der Waals surface area contributed by atoms with Gasteiger partial charge in [0, 0.05) is 6.54 Å². The second-order valence-corrected chi connectivity index (χ2v) is 4.03. The molecule has 1 N–H and O–H groups in total. The SMILES string of the molecule is CCC1(CN2CNCC2=O)CC1. The Hall–Kier alpha value is -0.570. The molecule has 1 aliphatic carbocycles. The van der Waals surface area contributed by atoms with E-state index in [2.05, 4.69) is 12.2 Å². The van der Waals surface area contributed by atoms with E-state index in [1.165, 1.54) is 19.3 Å². The van der Waals surface area contributed by atoms with Crippen molar-refractivity contribution in [3.63, 3.8) is 0 Å². The maximum atomic E-state index is 11.3. The van der Waals surface area contributed by atoms with Crippen molar-refractivity contribution >= 4 is 5.91 Å². The van der Waals surface area contributed by atoms with E-state index in [4.69, 9.17) is 0 Å². The van der Waals surface area contributed by atoms with E-state index in [0.29, 0.717) is 12.0 Å². The largest absolute Gasteiger partial charge is 0.328 e. The van der Waals surface area contributed by atoms with Crippen LogP contribution in [0.15, 0.2) is 0 Å². The van der Waals surface area contributed by atoms with Gasteiger partial charge in [0.2, 0.25) is 5.91 Å². The van der Waals surface area contributed by atoms with Crippen LogP contribution >= 0.6 is 0 Å². The number of carbonyl (C=O) groups is 1. The minimum Gasteiger partial charge on any atom is -0.328 e. The van der Waals surface area contributed by atoms with E-state index in [1.54, 1.807) is 0 Å². The first-order valence-electron chi connectivity index (χ1n) is 4.74. The summed E-state index contributed by atoms with van der Waals surface area (Å²) in [5.41, 5.74) is 0.502.